The van der Waals surface area contributed by atoms with Gasteiger partial charge in [0.25, 0.3) is 0 Å². The summed E-state index contributed by atoms with van der Waals surface area (Å²) >= 11 is 6.24. The number of aliphatic hydroxyl groups is 1. The van der Waals surface area contributed by atoms with Crippen molar-refractivity contribution in [3.8, 4) is 0 Å². The van der Waals surface area contributed by atoms with Crippen molar-refractivity contribution in [3.05, 3.63) is 29.3 Å². The van der Waals surface area contributed by atoms with Crippen LogP contribution in [0.4, 0.5) is 10.5 Å². The van der Waals surface area contributed by atoms with Crippen molar-refractivity contribution >= 4 is 29.2 Å². The van der Waals surface area contributed by atoms with Gasteiger partial charge in [-0.2, -0.15) is 0 Å². The zero-order chi connectivity index (χ0) is 24.7. The molecule has 1 aromatic carbocycles. The number of nitrogens with one attached hydrogen (secondary N) is 1. The summed E-state index contributed by atoms with van der Waals surface area (Å²) in [5, 5.41) is 13.9. The Morgan fingerprint density at radius 3 is 2.57 bits per heavy atom. The molecule has 192 valence electrons. The second-order valence-corrected chi connectivity index (χ2v) is 11.6. The first-order valence-corrected chi connectivity index (χ1v) is 13.5. The Hall–Kier alpha value is -1.83. The number of anilines is 1. The molecule has 5 unspecified atom stereocenters. The number of nitrogens with zero attached hydrogens (tertiary/aromatic N) is 2. The maximum atomic E-state index is 13.0. The predicted octanol–water partition coefficient (Wildman–Crippen LogP) is 4.24. The molecule has 0 radical (unpaired) electrons. The number of amides is 3. The van der Waals surface area contributed by atoms with Crippen molar-refractivity contribution in [3.63, 3.8) is 0 Å². The predicted molar refractivity (Wildman–Crippen MR) is 135 cm³/mol. The smallest absolute Gasteiger partial charge is 0.321 e. The van der Waals surface area contributed by atoms with E-state index in [0.29, 0.717) is 60.1 Å². The van der Waals surface area contributed by atoms with Crippen LogP contribution in [0, 0.1) is 29.1 Å². The second-order valence-electron chi connectivity index (χ2n) is 11.2. The van der Waals surface area contributed by atoms with Crippen LogP contribution in [0.25, 0.3) is 0 Å². The quantitative estimate of drug-likeness (QED) is 0.646. The van der Waals surface area contributed by atoms with Crippen LogP contribution >= 0.6 is 11.6 Å². The third kappa shape index (κ3) is 4.44. The zero-order valence-corrected chi connectivity index (χ0v) is 21.5. The number of hydrogen-bond donors (Lipinski definition) is 2. The molecule has 5 rings (SSSR count). The van der Waals surface area contributed by atoms with E-state index >= 15 is 0 Å². The van der Waals surface area contributed by atoms with Gasteiger partial charge in [0.2, 0.25) is 5.91 Å². The van der Waals surface area contributed by atoms with E-state index in [0.717, 1.165) is 38.5 Å². The van der Waals surface area contributed by atoms with Gasteiger partial charge in [-0.3, -0.25) is 4.79 Å². The number of carbonyl (C=O) groups is 2. The van der Waals surface area contributed by atoms with Gasteiger partial charge in [0.15, 0.2) is 0 Å². The monoisotopic (exact) mass is 503 g/mol. The largest absolute Gasteiger partial charge is 0.394 e. The molecule has 2 N–H and O–H groups in total. The molecular formula is C27H38ClN3O4. The zero-order valence-electron chi connectivity index (χ0n) is 20.8. The average Bonchev–Trinajstić information content (AvgIpc) is 3.25. The van der Waals surface area contributed by atoms with Crippen molar-refractivity contribution in [1.29, 1.82) is 0 Å². The number of benzene rings is 1. The molecule has 2 saturated heterocycles. The standard InChI is InChI=1S/C27H38ClN3O4/c1-17(33)31-16-27(9-11-30(12-10-27)26(34)29-23-6-4-3-5-22(23)28)25-20-8-7-19(35-2)13-18(20)14-21(25)24(31)15-32/h3-6,18-21,24-25,32H,7-16H2,1-2H3,(H,29,34)/t18?,19?,20?,21?,24-,25?/m0/s1. The minimum absolute atomic E-state index is 0.0114. The van der Waals surface area contributed by atoms with Gasteiger partial charge < -0.3 is 25.0 Å². The van der Waals surface area contributed by atoms with E-state index in [-0.39, 0.29) is 30.0 Å². The summed E-state index contributed by atoms with van der Waals surface area (Å²) in [5.41, 5.74) is 0.613. The third-order valence-corrected chi connectivity index (χ3v) is 9.99. The van der Waals surface area contributed by atoms with Crippen LogP contribution in [0.3, 0.4) is 0 Å². The number of halogens is 1. The first-order chi connectivity index (χ1) is 16.9. The molecule has 2 aliphatic heterocycles. The van der Waals surface area contributed by atoms with Gasteiger partial charge in [0.1, 0.15) is 0 Å². The lowest BCUT2D eigenvalue weighted by Gasteiger charge is -2.58. The van der Waals surface area contributed by atoms with E-state index in [1.807, 2.05) is 35.1 Å². The second kappa shape index (κ2) is 9.91. The molecule has 7 nitrogen and oxygen atoms in total. The molecule has 4 aliphatic rings. The molecule has 35 heavy (non-hydrogen) atoms. The molecule has 2 heterocycles. The Morgan fingerprint density at radius 1 is 1.17 bits per heavy atom. The summed E-state index contributed by atoms with van der Waals surface area (Å²) in [4.78, 5) is 29.6. The van der Waals surface area contributed by atoms with Crippen LogP contribution < -0.4 is 5.32 Å². The molecular weight excluding hydrogens is 466 g/mol. The van der Waals surface area contributed by atoms with Gasteiger partial charge in [-0.25, -0.2) is 4.79 Å². The number of urea groups is 1. The van der Waals surface area contributed by atoms with Crippen LogP contribution in [0.1, 0.15) is 45.4 Å². The summed E-state index contributed by atoms with van der Waals surface area (Å²) in [5.74, 6) is 2.03. The number of hydrogen-bond acceptors (Lipinski definition) is 4. The first-order valence-electron chi connectivity index (χ1n) is 13.1. The number of fused-ring (bicyclic) bond motifs is 4. The van der Waals surface area contributed by atoms with Gasteiger partial charge in [-0.1, -0.05) is 23.7 Å². The highest BCUT2D eigenvalue weighted by molar-refractivity contribution is 6.33. The summed E-state index contributed by atoms with van der Waals surface area (Å²) in [6, 6.07) is 7.06. The van der Waals surface area contributed by atoms with Crippen molar-refractivity contribution in [2.45, 2.75) is 57.6 Å². The Morgan fingerprint density at radius 2 is 1.91 bits per heavy atom. The molecule has 0 aromatic heterocycles. The summed E-state index contributed by atoms with van der Waals surface area (Å²) in [7, 11) is 1.81. The van der Waals surface area contributed by atoms with Crippen LogP contribution in [-0.2, 0) is 9.53 Å². The molecule has 4 fully saturated rings. The Bertz CT molecular complexity index is 950. The number of piperidine rings is 2. The van der Waals surface area contributed by atoms with Gasteiger partial charge in [0, 0.05) is 33.7 Å². The molecule has 1 spiro atoms. The fourth-order valence-electron chi connectivity index (χ4n) is 8.10. The summed E-state index contributed by atoms with van der Waals surface area (Å²) in [6.45, 7) is 3.66. The van der Waals surface area contributed by atoms with Crippen LogP contribution in [0.15, 0.2) is 24.3 Å². The Labute approximate surface area is 213 Å². The number of rotatable bonds is 3. The number of aliphatic hydroxyl groups excluding tert-OH is 1. The van der Waals surface area contributed by atoms with Crippen molar-refractivity contribution < 1.29 is 19.4 Å². The molecule has 1 aromatic rings. The lowest BCUT2D eigenvalue weighted by atomic mass is 9.57. The van der Waals surface area contributed by atoms with Gasteiger partial charge >= 0.3 is 6.03 Å². The van der Waals surface area contributed by atoms with E-state index in [2.05, 4.69) is 5.32 Å². The minimum Gasteiger partial charge on any atom is -0.394 e. The van der Waals surface area contributed by atoms with E-state index in [9.17, 15) is 14.7 Å². The highest BCUT2D eigenvalue weighted by Crippen LogP contribution is 2.62. The number of methoxy groups -OCH3 is 1. The normalized spacial score (nSPS) is 33.8. The number of para-hydroxylation sites is 1. The van der Waals surface area contributed by atoms with E-state index in [1.54, 1.807) is 13.0 Å². The lowest BCUT2D eigenvalue weighted by Crippen LogP contribution is -2.63. The molecule has 6 atom stereocenters. The first kappa shape index (κ1) is 24.8. The number of ether oxygens (including phenoxy) is 1. The average molecular weight is 504 g/mol. The highest BCUT2D eigenvalue weighted by Gasteiger charge is 2.61. The Kier molecular flexibility index (Phi) is 7.03. The minimum atomic E-state index is -0.123. The fourth-order valence-corrected chi connectivity index (χ4v) is 8.28. The van der Waals surface area contributed by atoms with Crippen molar-refractivity contribution in [1.82, 2.24) is 9.80 Å². The van der Waals surface area contributed by atoms with Crippen LogP contribution in [0.5, 0.6) is 0 Å². The molecule has 2 aliphatic carbocycles. The van der Waals surface area contributed by atoms with Crippen LogP contribution in [-0.4, -0.2) is 72.3 Å². The number of carbonyl (C=O) groups excluding carboxylic acids is 2. The summed E-state index contributed by atoms with van der Waals surface area (Å²) in [6.07, 6.45) is 6.45. The van der Waals surface area contributed by atoms with E-state index in [1.165, 1.54) is 0 Å². The van der Waals surface area contributed by atoms with E-state index in [4.69, 9.17) is 16.3 Å². The summed E-state index contributed by atoms with van der Waals surface area (Å²) < 4.78 is 5.73. The third-order valence-electron chi connectivity index (χ3n) is 9.66. The van der Waals surface area contributed by atoms with Crippen LogP contribution in [0.2, 0.25) is 5.02 Å². The highest BCUT2D eigenvalue weighted by atomic mass is 35.5. The van der Waals surface area contributed by atoms with Gasteiger partial charge in [0.05, 0.1) is 29.5 Å². The SMILES string of the molecule is COC1CCC2C(C1)CC1C2C2(CCN(C(=O)Nc3ccccc3Cl)CC2)CN(C(C)=O)[C@H]1CO. The molecule has 0 bridgehead atoms. The maximum Gasteiger partial charge on any atom is 0.321 e. The lowest BCUT2D eigenvalue weighted by molar-refractivity contribution is -0.151. The fraction of sp³-hybridized carbons (Fsp3) is 0.704. The molecule has 2 saturated carbocycles. The Balaban J connectivity index is 1.36. The maximum absolute atomic E-state index is 13.0. The van der Waals surface area contributed by atoms with E-state index < -0.39 is 0 Å². The van der Waals surface area contributed by atoms with Gasteiger partial charge in [-0.05, 0) is 79.7 Å². The van der Waals surface area contributed by atoms with Crippen molar-refractivity contribution in [2.75, 3.05) is 38.7 Å². The number of likely N-dealkylation sites (tertiary alicyclic amines) is 2. The van der Waals surface area contributed by atoms with Crippen molar-refractivity contribution in [2.24, 2.45) is 29.1 Å². The molecule has 8 heteroatoms. The molecule has 3 amide bonds. The topological polar surface area (TPSA) is 82.1 Å². The van der Waals surface area contributed by atoms with Gasteiger partial charge in [-0.15, -0.1) is 0 Å².